The van der Waals surface area contributed by atoms with E-state index >= 15 is 0 Å². The van der Waals surface area contributed by atoms with Gasteiger partial charge in [0.05, 0.1) is 16.3 Å². The Morgan fingerprint density at radius 2 is 1.55 bits per heavy atom. The van der Waals surface area contributed by atoms with Gasteiger partial charge in [0.15, 0.2) is 0 Å². The maximum atomic E-state index is 14.1. The van der Waals surface area contributed by atoms with Crippen LogP contribution >= 0.6 is 0 Å². The summed E-state index contributed by atoms with van der Waals surface area (Å²) in [5.74, 6) is -1.24. The van der Waals surface area contributed by atoms with Gasteiger partial charge < -0.3 is 5.32 Å². The van der Waals surface area contributed by atoms with Crippen LogP contribution in [0.3, 0.4) is 0 Å². The Labute approximate surface area is 192 Å². The highest BCUT2D eigenvalue weighted by Gasteiger charge is 2.30. The average molecular weight is 463 g/mol. The van der Waals surface area contributed by atoms with Gasteiger partial charge in [0, 0.05) is 5.39 Å². The van der Waals surface area contributed by atoms with Gasteiger partial charge in [0.25, 0.3) is 10.0 Å². The van der Waals surface area contributed by atoms with Crippen molar-refractivity contribution in [3.05, 3.63) is 102 Å². The van der Waals surface area contributed by atoms with Crippen molar-refractivity contribution in [3.63, 3.8) is 0 Å². The maximum absolute atomic E-state index is 14.1. The Kier molecular flexibility index (Phi) is 6.16. The van der Waals surface area contributed by atoms with E-state index in [1.165, 1.54) is 24.3 Å². The number of nitrogens with zero attached hydrogens (tertiary/aromatic N) is 1. The third-order valence-corrected chi connectivity index (χ3v) is 7.42. The minimum absolute atomic E-state index is 0.00836. The molecule has 7 heteroatoms. The van der Waals surface area contributed by atoms with Crippen molar-refractivity contribution >= 4 is 38.1 Å². The third-order valence-electron chi connectivity index (χ3n) is 5.60. The molecule has 0 unspecified atom stereocenters. The monoisotopic (exact) mass is 462 g/mol. The minimum Gasteiger partial charge on any atom is -0.322 e. The standard InChI is InChI=1S/C26H23FN2O3S/c1-18-9-7-15-24(19(18)2)29(17-26(30)28-23-14-6-5-13-22(23)27)33(31,32)25-16-8-11-20-10-3-4-12-21(20)25/h3-16H,17H2,1-2H3,(H,28,30). The summed E-state index contributed by atoms with van der Waals surface area (Å²) in [7, 11) is -4.14. The van der Waals surface area contributed by atoms with Gasteiger partial charge >= 0.3 is 0 Å². The molecule has 0 aliphatic rings. The number of hydrogen-bond donors (Lipinski definition) is 1. The highest BCUT2D eigenvalue weighted by Crippen LogP contribution is 2.32. The van der Waals surface area contributed by atoms with Gasteiger partial charge in [0.1, 0.15) is 12.4 Å². The molecule has 0 heterocycles. The topological polar surface area (TPSA) is 66.5 Å². The number of amides is 1. The molecule has 168 valence electrons. The molecule has 0 saturated heterocycles. The first kappa shape index (κ1) is 22.5. The van der Waals surface area contributed by atoms with E-state index in [0.29, 0.717) is 11.1 Å². The molecule has 0 bridgehead atoms. The SMILES string of the molecule is Cc1cccc(N(CC(=O)Nc2ccccc2F)S(=O)(=O)c2cccc3ccccc23)c1C. The first-order chi connectivity index (χ1) is 15.8. The fraction of sp³-hybridized carbons (Fsp3) is 0.115. The summed E-state index contributed by atoms with van der Waals surface area (Å²) in [5, 5.41) is 3.82. The molecule has 0 radical (unpaired) electrons. The summed E-state index contributed by atoms with van der Waals surface area (Å²) in [5.41, 5.74) is 2.01. The lowest BCUT2D eigenvalue weighted by atomic mass is 10.1. The van der Waals surface area contributed by atoms with E-state index in [-0.39, 0.29) is 10.6 Å². The van der Waals surface area contributed by atoms with E-state index in [1.807, 2.05) is 38.1 Å². The van der Waals surface area contributed by atoms with Crippen molar-refractivity contribution in [3.8, 4) is 0 Å². The summed E-state index contributed by atoms with van der Waals surface area (Å²) in [6.07, 6.45) is 0. The number of nitrogens with one attached hydrogen (secondary N) is 1. The summed E-state index contributed by atoms with van der Waals surface area (Å²) in [4.78, 5) is 13.0. The molecule has 5 nitrogen and oxygen atoms in total. The fourth-order valence-corrected chi connectivity index (χ4v) is 5.42. The number of para-hydroxylation sites is 1. The Bertz CT molecular complexity index is 1450. The number of halogens is 1. The zero-order chi connectivity index (χ0) is 23.6. The van der Waals surface area contributed by atoms with Crippen LogP contribution in [0.5, 0.6) is 0 Å². The van der Waals surface area contributed by atoms with Crippen LogP contribution in [0, 0.1) is 19.7 Å². The molecular weight excluding hydrogens is 439 g/mol. The van der Waals surface area contributed by atoms with Gasteiger partial charge in [-0.2, -0.15) is 0 Å². The van der Waals surface area contributed by atoms with E-state index in [1.54, 1.807) is 36.4 Å². The second-order valence-electron chi connectivity index (χ2n) is 7.74. The van der Waals surface area contributed by atoms with Crippen LogP contribution in [0.1, 0.15) is 11.1 Å². The number of sulfonamides is 1. The lowest BCUT2D eigenvalue weighted by Crippen LogP contribution is -2.38. The molecule has 1 amide bonds. The summed E-state index contributed by atoms with van der Waals surface area (Å²) in [6.45, 7) is 3.18. The smallest absolute Gasteiger partial charge is 0.265 e. The fourth-order valence-electron chi connectivity index (χ4n) is 3.73. The number of hydrogen-bond acceptors (Lipinski definition) is 3. The third kappa shape index (κ3) is 4.45. The number of anilines is 2. The predicted molar refractivity (Wildman–Crippen MR) is 129 cm³/mol. The minimum atomic E-state index is -4.14. The lowest BCUT2D eigenvalue weighted by molar-refractivity contribution is -0.114. The zero-order valence-corrected chi connectivity index (χ0v) is 19.1. The summed E-state index contributed by atoms with van der Waals surface area (Å²) >= 11 is 0. The second kappa shape index (κ2) is 9.03. The van der Waals surface area contributed by atoms with Crippen molar-refractivity contribution in [2.75, 3.05) is 16.2 Å². The van der Waals surface area contributed by atoms with Gasteiger partial charge in [-0.15, -0.1) is 0 Å². The highest BCUT2D eigenvalue weighted by atomic mass is 32.2. The number of aryl methyl sites for hydroxylation is 1. The number of carbonyl (C=O) groups is 1. The highest BCUT2D eigenvalue weighted by molar-refractivity contribution is 7.93. The Morgan fingerprint density at radius 3 is 2.33 bits per heavy atom. The molecule has 0 aliphatic heterocycles. The van der Waals surface area contributed by atoms with E-state index < -0.39 is 28.3 Å². The molecule has 0 aromatic heterocycles. The Morgan fingerprint density at radius 1 is 0.879 bits per heavy atom. The number of benzene rings is 4. The Balaban J connectivity index is 1.81. The molecule has 1 N–H and O–H groups in total. The molecule has 4 aromatic rings. The molecule has 33 heavy (non-hydrogen) atoms. The normalized spacial score (nSPS) is 11.4. The molecule has 0 aliphatic carbocycles. The first-order valence-corrected chi connectivity index (χ1v) is 11.8. The largest absolute Gasteiger partial charge is 0.322 e. The van der Waals surface area contributed by atoms with Crippen molar-refractivity contribution in [2.24, 2.45) is 0 Å². The maximum Gasteiger partial charge on any atom is 0.265 e. The van der Waals surface area contributed by atoms with Crippen molar-refractivity contribution in [1.82, 2.24) is 0 Å². The zero-order valence-electron chi connectivity index (χ0n) is 18.2. The van der Waals surface area contributed by atoms with Crippen LogP contribution in [-0.2, 0) is 14.8 Å². The summed E-state index contributed by atoms with van der Waals surface area (Å²) < 4.78 is 43.0. The molecule has 4 rings (SSSR count). The molecule has 4 aromatic carbocycles. The Hall–Kier alpha value is -3.71. The van der Waals surface area contributed by atoms with Crippen LogP contribution in [0.15, 0.2) is 89.8 Å². The molecule has 0 saturated carbocycles. The average Bonchev–Trinajstić information content (AvgIpc) is 2.80. The van der Waals surface area contributed by atoms with E-state index in [2.05, 4.69) is 5.32 Å². The number of rotatable bonds is 6. The second-order valence-corrected chi connectivity index (χ2v) is 9.57. The van der Waals surface area contributed by atoms with E-state index in [4.69, 9.17) is 0 Å². The summed E-state index contributed by atoms with van der Waals surface area (Å²) in [6, 6.07) is 23.3. The van der Waals surface area contributed by atoms with Crippen LogP contribution < -0.4 is 9.62 Å². The van der Waals surface area contributed by atoms with Gasteiger partial charge in [-0.3, -0.25) is 9.10 Å². The predicted octanol–water partition coefficient (Wildman–Crippen LogP) is 5.43. The molecule has 0 atom stereocenters. The molecular formula is C26H23FN2O3S. The van der Waals surface area contributed by atoms with E-state index in [9.17, 15) is 17.6 Å². The van der Waals surface area contributed by atoms with Crippen molar-refractivity contribution in [1.29, 1.82) is 0 Å². The molecule has 0 spiro atoms. The lowest BCUT2D eigenvalue weighted by Gasteiger charge is -2.27. The number of carbonyl (C=O) groups excluding carboxylic acids is 1. The van der Waals surface area contributed by atoms with Crippen LogP contribution in [0.2, 0.25) is 0 Å². The first-order valence-electron chi connectivity index (χ1n) is 10.4. The quantitative estimate of drug-likeness (QED) is 0.416. The number of fused-ring (bicyclic) bond motifs is 1. The van der Waals surface area contributed by atoms with Crippen LogP contribution in [0.25, 0.3) is 10.8 Å². The van der Waals surface area contributed by atoms with Crippen molar-refractivity contribution in [2.45, 2.75) is 18.7 Å². The molecule has 0 fully saturated rings. The van der Waals surface area contributed by atoms with Gasteiger partial charge in [0.2, 0.25) is 5.91 Å². The van der Waals surface area contributed by atoms with Crippen LogP contribution in [-0.4, -0.2) is 20.9 Å². The van der Waals surface area contributed by atoms with Gasteiger partial charge in [-0.25, -0.2) is 12.8 Å². The van der Waals surface area contributed by atoms with Crippen molar-refractivity contribution < 1.29 is 17.6 Å². The van der Waals surface area contributed by atoms with E-state index in [0.717, 1.165) is 20.8 Å². The van der Waals surface area contributed by atoms with Gasteiger partial charge in [-0.05, 0) is 54.6 Å². The van der Waals surface area contributed by atoms with Gasteiger partial charge in [-0.1, -0.05) is 60.7 Å². The van der Waals surface area contributed by atoms with Crippen LogP contribution in [0.4, 0.5) is 15.8 Å².